The molecule has 0 saturated carbocycles. The van der Waals surface area contributed by atoms with E-state index in [2.05, 4.69) is 26.2 Å². The number of hydrogen-bond donors (Lipinski definition) is 3. The Hall–Kier alpha value is -3.75. The molecule has 6 rings (SSSR count). The van der Waals surface area contributed by atoms with Crippen LogP contribution in [0.1, 0.15) is 42.1 Å². The molecule has 0 bridgehead atoms. The Bertz CT molecular complexity index is 1620. The lowest BCUT2D eigenvalue weighted by atomic mass is 9.76. The molecule has 40 heavy (non-hydrogen) atoms. The number of carboxylic acids is 1. The number of fused-ring (bicyclic) bond motifs is 2. The maximum atomic E-state index is 14.5. The van der Waals surface area contributed by atoms with Gasteiger partial charge in [-0.1, -0.05) is 78.3 Å². The SMILES string of the molecule is CCc1cccc(CC)c1N1C(=O)C2C(c3ccc(Br)cc3)NC(Cc3c[nH]c4ccccc34)(C(=O)O)C2C1=O. The predicted octanol–water partition coefficient (Wildman–Crippen LogP) is 5.57. The number of carbonyl (C=O) groups is 3. The standard InChI is InChI=1S/C32H30BrN3O4/c1-3-18-8-7-9-19(4-2)28(18)36-29(37)25-26(30(36)38)32(31(39)40,35-27(25)20-12-14-22(33)15-13-20)16-21-17-34-24-11-6-5-10-23(21)24/h5-15,17,25-27,34-35H,3-4,16H2,1-2H3,(H,39,40). The number of halogens is 1. The van der Waals surface area contributed by atoms with Crippen molar-refractivity contribution in [3.8, 4) is 0 Å². The number of anilines is 1. The minimum Gasteiger partial charge on any atom is -0.480 e. The Morgan fingerprint density at radius 1 is 0.925 bits per heavy atom. The van der Waals surface area contributed by atoms with Crippen molar-refractivity contribution in [1.29, 1.82) is 0 Å². The van der Waals surface area contributed by atoms with E-state index >= 15 is 0 Å². The molecule has 2 fully saturated rings. The number of para-hydroxylation sites is 2. The number of hydrogen-bond acceptors (Lipinski definition) is 4. The highest BCUT2D eigenvalue weighted by Crippen LogP contribution is 2.52. The van der Waals surface area contributed by atoms with Crippen LogP contribution in [-0.2, 0) is 33.6 Å². The van der Waals surface area contributed by atoms with Crippen LogP contribution in [0.15, 0.2) is 77.4 Å². The Morgan fingerprint density at radius 2 is 1.60 bits per heavy atom. The molecule has 3 aromatic carbocycles. The summed E-state index contributed by atoms with van der Waals surface area (Å²) in [7, 11) is 0. The zero-order chi connectivity index (χ0) is 28.2. The van der Waals surface area contributed by atoms with Gasteiger partial charge in [-0.05, 0) is 53.3 Å². The summed E-state index contributed by atoms with van der Waals surface area (Å²) < 4.78 is 0.869. The number of imide groups is 1. The summed E-state index contributed by atoms with van der Waals surface area (Å²) in [6.45, 7) is 3.99. The molecular formula is C32H30BrN3O4. The number of nitrogens with one attached hydrogen (secondary N) is 2. The van der Waals surface area contributed by atoms with Crippen molar-refractivity contribution in [2.75, 3.05) is 4.90 Å². The van der Waals surface area contributed by atoms with Crippen LogP contribution < -0.4 is 10.2 Å². The Morgan fingerprint density at radius 3 is 2.25 bits per heavy atom. The first-order chi connectivity index (χ1) is 19.3. The highest BCUT2D eigenvalue weighted by molar-refractivity contribution is 9.10. The highest BCUT2D eigenvalue weighted by Gasteiger charge is 2.69. The lowest BCUT2D eigenvalue weighted by Gasteiger charge is -2.32. The molecule has 0 spiro atoms. The number of nitrogens with zero attached hydrogens (tertiary/aromatic N) is 1. The molecule has 0 radical (unpaired) electrons. The van der Waals surface area contributed by atoms with E-state index in [4.69, 9.17) is 0 Å². The van der Waals surface area contributed by atoms with E-state index in [1.54, 1.807) is 6.20 Å². The summed E-state index contributed by atoms with van der Waals surface area (Å²) in [4.78, 5) is 46.7. The number of H-pyrrole nitrogens is 1. The van der Waals surface area contributed by atoms with Crippen LogP contribution in [0.4, 0.5) is 5.69 Å². The van der Waals surface area contributed by atoms with Gasteiger partial charge < -0.3 is 10.1 Å². The fraction of sp³-hybridized carbons (Fsp3) is 0.281. The molecule has 2 aliphatic rings. The molecule has 2 saturated heterocycles. The van der Waals surface area contributed by atoms with Crippen LogP contribution in [0.25, 0.3) is 10.9 Å². The fourth-order valence-corrected chi connectivity index (χ4v) is 6.96. The molecule has 4 unspecified atom stereocenters. The summed E-state index contributed by atoms with van der Waals surface area (Å²) in [5.74, 6) is -3.91. The van der Waals surface area contributed by atoms with E-state index in [9.17, 15) is 19.5 Å². The van der Waals surface area contributed by atoms with Crippen molar-refractivity contribution in [3.05, 3.63) is 99.7 Å². The van der Waals surface area contributed by atoms with Crippen LogP contribution in [0.3, 0.4) is 0 Å². The lowest BCUT2D eigenvalue weighted by Crippen LogP contribution is -2.57. The molecule has 4 aromatic rings. The number of carbonyl (C=O) groups excluding carboxylic acids is 2. The summed E-state index contributed by atoms with van der Waals surface area (Å²) in [5, 5.41) is 15.1. The average molecular weight is 601 g/mol. The van der Waals surface area contributed by atoms with Gasteiger partial charge in [0.05, 0.1) is 17.5 Å². The quantitative estimate of drug-likeness (QED) is 0.241. The number of amides is 2. The van der Waals surface area contributed by atoms with Crippen molar-refractivity contribution in [3.63, 3.8) is 0 Å². The Kier molecular flexibility index (Phi) is 6.63. The maximum Gasteiger partial charge on any atom is 0.325 e. The fourth-order valence-electron chi connectivity index (χ4n) is 6.70. The van der Waals surface area contributed by atoms with Gasteiger partial charge in [0.25, 0.3) is 0 Å². The number of aromatic amines is 1. The van der Waals surface area contributed by atoms with Crippen molar-refractivity contribution in [2.24, 2.45) is 11.8 Å². The summed E-state index contributed by atoms with van der Waals surface area (Å²) in [6, 6.07) is 20.3. The van der Waals surface area contributed by atoms with Gasteiger partial charge in [-0.3, -0.25) is 19.7 Å². The van der Waals surface area contributed by atoms with Gasteiger partial charge in [0, 0.05) is 34.0 Å². The molecule has 0 aliphatic carbocycles. The number of rotatable bonds is 7. The van der Waals surface area contributed by atoms with Crippen molar-refractivity contribution in [1.82, 2.24) is 10.3 Å². The van der Waals surface area contributed by atoms with E-state index in [-0.39, 0.29) is 12.3 Å². The molecule has 1 aromatic heterocycles. The number of carboxylic acid groups (broad SMARTS) is 1. The first-order valence-corrected chi connectivity index (χ1v) is 14.4. The molecule has 204 valence electrons. The van der Waals surface area contributed by atoms with Gasteiger partial charge in [0.2, 0.25) is 11.8 Å². The van der Waals surface area contributed by atoms with E-state index < -0.39 is 35.3 Å². The predicted molar refractivity (Wildman–Crippen MR) is 157 cm³/mol. The van der Waals surface area contributed by atoms with E-state index in [0.717, 1.165) is 37.6 Å². The van der Waals surface area contributed by atoms with Gasteiger partial charge in [0.1, 0.15) is 5.54 Å². The van der Waals surface area contributed by atoms with Crippen molar-refractivity contribution < 1.29 is 19.5 Å². The average Bonchev–Trinajstić information content (AvgIpc) is 3.61. The van der Waals surface area contributed by atoms with Crippen molar-refractivity contribution >= 4 is 50.3 Å². The minimum atomic E-state index is -1.69. The van der Waals surface area contributed by atoms with Crippen LogP contribution in [0, 0.1) is 11.8 Å². The van der Waals surface area contributed by atoms with Crippen LogP contribution in [-0.4, -0.2) is 33.4 Å². The zero-order valence-corrected chi connectivity index (χ0v) is 23.9. The largest absolute Gasteiger partial charge is 0.480 e. The third-order valence-electron chi connectivity index (χ3n) is 8.60. The summed E-state index contributed by atoms with van der Waals surface area (Å²) >= 11 is 3.46. The van der Waals surface area contributed by atoms with Gasteiger partial charge in [-0.15, -0.1) is 0 Å². The second-order valence-corrected chi connectivity index (χ2v) is 11.5. The Balaban J connectivity index is 1.54. The zero-order valence-electron chi connectivity index (χ0n) is 22.3. The number of benzene rings is 3. The highest BCUT2D eigenvalue weighted by atomic mass is 79.9. The molecule has 2 aliphatic heterocycles. The smallest absolute Gasteiger partial charge is 0.325 e. The maximum absolute atomic E-state index is 14.5. The van der Waals surface area contributed by atoms with E-state index in [0.29, 0.717) is 18.5 Å². The monoisotopic (exact) mass is 599 g/mol. The van der Waals surface area contributed by atoms with Crippen LogP contribution in [0.5, 0.6) is 0 Å². The topological polar surface area (TPSA) is 102 Å². The summed E-state index contributed by atoms with van der Waals surface area (Å²) in [6.07, 6.45) is 3.13. The second kappa shape index (κ2) is 10.0. The second-order valence-electron chi connectivity index (χ2n) is 10.6. The minimum absolute atomic E-state index is 0.0451. The molecule has 2 amide bonds. The number of aryl methyl sites for hydroxylation is 2. The molecule has 4 atom stereocenters. The number of aliphatic carboxylic acids is 1. The normalized spacial score (nSPS) is 24.2. The molecule has 8 heteroatoms. The molecule has 3 N–H and O–H groups in total. The van der Waals surface area contributed by atoms with E-state index in [1.807, 2.05) is 80.6 Å². The third kappa shape index (κ3) is 3.92. The molecular weight excluding hydrogens is 570 g/mol. The Labute approximate surface area is 240 Å². The van der Waals surface area contributed by atoms with Crippen LogP contribution in [0.2, 0.25) is 0 Å². The van der Waals surface area contributed by atoms with E-state index in [1.165, 1.54) is 4.90 Å². The van der Waals surface area contributed by atoms with Gasteiger partial charge in [-0.2, -0.15) is 0 Å². The van der Waals surface area contributed by atoms with Crippen molar-refractivity contribution in [2.45, 2.75) is 44.7 Å². The first kappa shape index (κ1) is 26.5. The lowest BCUT2D eigenvalue weighted by molar-refractivity contribution is -0.148. The summed E-state index contributed by atoms with van der Waals surface area (Å²) in [5.41, 5.74) is 3.14. The molecule has 7 nitrogen and oxygen atoms in total. The third-order valence-corrected chi connectivity index (χ3v) is 9.13. The van der Waals surface area contributed by atoms with Crippen LogP contribution >= 0.6 is 15.9 Å². The van der Waals surface area contributed by atoms with Gasteiger partial charge >= 0.3 is 5.97 Å². The molecule has 3 heterocycles. The van der Waals surface area contributed by atoms with Gasteiger partial charge in [0.15, 0.2) is 0 Å². The van der Waals surface area contributed by atoms with Gasteiger partial charge in [-0.25, -0.2) is 4.90 Å². The number of aromatic nitrogens is 1. The first-order valence-electron chi connectivity index (χ1n) is 13.6.